The van der Waals surface area contributed by atoms with Crippen LogP contribution in [-0.4, -0.2) is 17.0 Å². The normalized spacial score (nSPS) is 18.7. The number of hydrogen-bond donors (Lipinski definition) is 2. The van der Waals surface area contributed by atoms with Gasteiger partial charge in [-0.3, -0.25) is 9.59 Å². The van der Waals surface area contributed by atoms with Crippen LogP contribution >= 0.6 is 11.3 Å². The van der Waals surface area contributed by atoms with E-state index in [1.165, 1.54) is 0 Å². The van der Waals surface area contributed by atoms with Crippen molar-refractivity contribution in [3.05, 3.63) is 22.4 Å². The third kappa shape index (κ3) is 2.56. The standard InChI is InChI=1S/C13H17NO3S/c1-9(10-4-2-7-18-10)14-11(15)8-13(12(16)17)5-3-6-13/h2,4,7,9H,3,5-6,8H2,1H3,(H,14,15)(H,16,17). The summed E-state index contributed by atoms with van der Waals surface area (Å²) in [5, 5.41) is 14.0. The van der Waals surface area contributed by atoms with Gasteiger partial charge in [0, 0.05) is 11.3 Å². The summed E-state index contributed by atoms with van der Waals surface area (Å²) >= 11 is 1.59. The number of amides is 1. The summed E-state index contributed by atoms with van der Waals surface area (Å²) in [5.74, 6) is -1.01. The van der Waals surface area contributed by atoms with Crippen LogP contribution in [-0.2, 0) is 9.59 Å². The molecule has 5 heteroatoms. The fourth-order valence-electron chi connectivity index (χ4n) is 2.28. The molecule has 18 heavy (non-hydrogen) atoms. The van der Waals surface area contributed by atoms with E-state index < -0.39 is 11.4 Å². The van der Waals surface area contributed by atoms with Gasteiger partial charge in [-0.15, -0.1) is 11.3 Å². The molecule has 1 amide bonds. The van der Waals surface area contributed by atoms with Gasteiger partial charge in [0.25, 0.3) is 0 Å². The first-order valence-corrected chi connectivity index (χ1v) is 6.98. The summed E-state index contributed by atoms with van der Waals surface area (Å²) in [4.78, 5) is 24.2. The molecule has 4 nitrogen and oxygen atoms in total. The van der Waals surface area contributed by atoms with E-state index in [2.05, 4.69) is 5.32 Å². The van der Waals surface area contributed by atoms with Gasteiger partial charge in [0.15, 0.2) is 0 Å². The van der Waals surface area contributed by atoms with Crippen molar-refractivity contribution in [3.63, 3.8) is 0 Å². The molecular weight excluding hydrogens is 250 g/mol. The Kier molecular flexibility index (Phi) is 3.71. The van der Waals surface area contributed by atoms with Crippen molar-refractivity contribution < 1.29 is 14.7 Å². The monoisotopic (exact) mass is 267 g/mol. The Labute approximate surface area is 110 Å². The third-order valence-electron chi connectivity index (χ3n) is 3.61. The van der Waals surface area contributed by atoms with E-state index in [0.717, 1.165) is 11.3 Å². The van der Waals surface area contributed by atoms with Gasteiger partial charge in [-0.25, -0.2) is 0 Å². The second kappa shape index (κ2) is 5.10. The van der Waals surface area contributed by atoms with Crippen LogP contribution in [0.1, 0.15) is 43.5 Å². The van der Waals surface area contributed by atoms with E-state index in [1.807, 2.05) is 24.4 Å². The minimum Gasteiger partial charge on any atom is -0.481 e. The van der Waals surface area contributed by atoms with Crippen molar-refractivity contribution in [1.82, 2.24) is 5.32 Å². The van der Waals surface area contributed by atoms with Crippen molar-refractivity contribution >= 4 is 23.2 Å². The third-order valence-corrected chi connectivity index (χ3v) is 4.67. The highest BCUT2D eigenvalue weighted by Crippen LogP contribution is 2.44. The predicted molar refractivity (Wildman–Crippen MR) is 69.4 cm³/mol. The first-order chi connectivity index (χ1) is 8.53. The zero-order valence-electron chi connectivity index (χ0n) is 10.3. The Hall–Kier alpha value is -1.36. The molecule has 1 aliphatic carbocycles. The maximum absolute atomic E-state index is 11.9. The van der Waals surface area contributed by atoms with Gasteiger partial charge in [0.2, 0.25) is 5.91 Å². The highest BCUT2D eigenvalue weighted by molar-refractivity contribution is 7.10. The Morgan fingerprint density at radius 1 is 1.56 bits per heavy atom. The number of aliphatic carboxylic acids is 1. The molecule has 1 unspecified atom stereocenters. The van der Waals surface area contributed by atoms with Gasteiger partial charge in [-0.1, -0.05) is 12.5 Å². The summed E-state index contributed by atoms with van der Waals surface area (Å²) in [6.45, 7) is 1.91. The van der Waals surface area contributed by atoms with Crippen molar-refractivity contribution in [1.29, 1.82) is 0 Å². The Morgan fingerprint density at radius 3 is 2.72 bits per heavy atom. The van der Waals surface area contributed by atoms with Crippen LogP contribution in [0.4, 0.5) is 0 Å². The van der Waals surface area contributed by atoms with E-state index in [1.54, 1.807) is 11.3 Å². The quantitative estimate of drug-likeness (QED) is 0.861. The molecule has 1 aromatic rings. The minimum atomic E-state index is -0.840. The topological polar surface area (TPSA) is 66.4 Å². The molecule has 0 saturated heterocycles. The van der Waals surface area contributed by atoms with E-state index in [9.17, 15) is 14.7 Å². The summed E-state index contributed by atoms with van der Waals surface area (Å²) in [7, 11) is 0. The second-order valence-electron chi connectivity index (χ2n) is 4.92. The Bertz CT molecular complexity index is 437. The fraction of sp³-hybridized carbons (Fsp3) is 0.538. The van der Waals surface area contributed by atoms with Gasteiger partial charge in [0.1, 0.15) is 0 Å². The summed E-state index contributed by atoms with van der Waals surface area (Å²) in [6.07, 6.45) is 2.23. The molecule has 1 atom stereocenters. The maximum Gasteiger partial charge on any atom is 0.310 e. The van der Waals surface area contributed by atoms with Crippen LogP contribution in [0, 0.1) is 5.41 Å². The number of carbonyl (C=O) groups excluding carboxylic acids is 1. The zero-order valence-corrected chi connectivity index (χ0v) is 11.1. The number of carbonyl (C=O) groups is 2. The average molecular weight is 267 g/mol. The van der Waals surface area contributed by atoms with Gasteiger partial charge < -0.3 is 10.4 Å². The first kappa shape index (κ1) is 13.1. The molecule has 0 aliphatic heterocycles. The lowest BCUT2D eigenvalue weighted by molar-refractivity contribution is -0.157. The molecule has 1 aliphatic rings. The van der Waals surface area contributed by atoms with Crippen LogP contribution < -0.4 is 5.32 Å². The molecule has 2 N–H and O–H groups in total. The first-order valence-electron chi connectivity index (χ1n) is 6.10. The average Bonchev–Trinajstić information content (AvgIpc) is 2.76. The molecule has 1 fully saturated rings. The highest BCUT2D eigenvalue weighted by atomic mass is 32.1. The summed E-state index contributed by atoms with van der Waals surface area (Å²) in [6, 6.07) is 3.85. The lowest BCUT2D eigenvalue weighted by atomic mass is 9.66. The largest absolute Gasteiger partial charge is 0.481 e. The Morgan fingerprint density at radius 2 is 2.28 bits per heavy atom. The van der Waals surface area contributed by atoms with Crippen LogP contribution in [0.2, 0.25) is 0 Å². The number of nitrogens with one attached hydrogen (secondary N) is 1. The van der Waals surface area contributed by atoms with E-state index in [0.29, 0.717) is 12.8 Å². The number of carboxylic acids is 1. The maximum atomic E-state index is 11.9. The summed E-state index contributed by atoms with van der Waals surface area (Å²) in [5.41, 5.74) is -0.806. The molecule has 0 bridgehead atoms. The zero-order chi connectivity index (χ0) is 13.2. The molecule has 0 spiro atoms. The summed E-state index contributed by atoms with van der Waals surface area (Å²) < 4.78 is 0. The second-order valence-corrected chi connectivity index (χ2v) is 5.90. The lowest BCUT2D eigenvalue weighted by Crippen LogP contribution is -2.42. The van der Waals surface area contributed by atoms with Gasteiger partial charge in [0.05, 0.1) is 11.5 Å². The molecule has 1 saturated carbocycles. The number of carboxylic acid groups (broad SMARTS) is 1. The SMILES string of the molecule is CC(NC(=O)CC1(C(=O)O)CCC1)c1cccs1. The van der Waals surface area contributed by atoms with Gasteiger partial charge in [-0.2, -0.15) is 0 Å². The van der Waals surface area contributed by atoms with E-state index in [4.69, 9.17) is 0 Å². The fourth-order valence-corrected chi connectivity index (χ4v) is 3.01. The van der Waals surface area contributed by atoms with Crippen molar-refractivity contribution in [3.8, 4) is 0 Å². The predicted octanol–water partition coefficient (Wildman–Crippen LogP) is 2.57. The van der Waals surface area contributed by atoms with Gasteiger partial charge in [-0.05, 0) is 31.2 Å². The smallest absolute Gasteiger partial charge is 0.310 e. The molecule has 98 valence electrons. The van der Waals surface area contributed by atoms with Crippen LogP contribution in [0.15, 0.2) is 17.5 Å². The van der Waals surface area contributed by atoms with Crippen molar-refractivity contribution in [2.24, 2.45) is 5.41 Å². The van der Waals surface area contributed by atoms with Crippen molar-refractivity contribution in [2.75, 3.05) is 0 Å². The van der Waals surface area contributed by atoms with Crippen molar-refractivity contribution in [2.45, 2.75) is 38.6 Å². The molecule has 1 heterocycles. The molecule has 2 rings (SSSR count). The van der Waals surface area contributed by atoms with Crippen LogP contribution in [0.5, 0.6) is 0 Å². The van der Waals surface area contributed by atoms with E-state index >= 15 is 0 Å². The number of hydrogen-bond acceptors (Lipinski definition) is 3. The number of thiophene rings is 1. The molecular formula is C13H17NO3S. The molecule has 0 radical (unpaired) electrons. The number of rotatable bonds is 5. The van der Waals surface area contributed by atoms with Crippen LogP contribution in [0.3, 0.4) is 0 Å². The highest BCUT2D eigenvalue weighted by Gasteiger charge is 2.45. The minimum absolute atomic E-state index is 0.0524. The van der Waals surface area contributed by atoms with Gasteiger partial charge >= 0.3 is 5.97 Å². The lowest BCUT2D eigenvalue weighted by Gasteiger charge is -2.37. The molecule has 1 aromatic heterocycles. The van der Waals surface area contributed by atoms with E-state index in [-0.39, 0.29) is 18.4 Å². The molecule has 0 aromatic carbocycles. The van der Waals surface area contributed by atoms with Crippen LogP contribution in [0.25, 0.3) is 0 Å². The Balaban J connectivity index is 1.91.